The first-order valence-corrected chi connectivity index (χ1v) is 7.91. The highest BCUT2D eigenvalue weighted by Gasteiger charge is 2.14. The second kappa shape index (κ2) is 8.62. The van der Waals surface area contributed by atoms with E-state index in [2.05, 4.69) is 39.1 Å². The van der Waals surface area contributed by atoms with Crippen molar-refractivity contribution in [3.8, 4) is 0 Å². The molecular weight excluding hydrogens is 274 g/mol. The van der Waals surface area contributed by atoms with Crippen molar-refractivity contribution >= 4 is 6.09 Å². The summed E-state index contributed by atoms with van der Waals surface area (Å²) >= 11 is 0. The molecule has 0 aromatic heterocycles. The van der Waals surface area contributed by atoms with E-state index in [-0.39, 0.29) is 0 Å². The quantitative estimate of drug-likeness (QED) is 0.776. The molecule has 0 fully saturated rings. The van der Waals surface area contributed by atoms with E-state index < -0.39 is 6.09 Å². The van der Waals surface area contributed by atoms with Crippen molar-refractivity contribution in [1.82, 2.24) is 5.32 Å². The van der Waals surface area contributed by atoms with Crippen LogP contribution >= 0.6 is 0 Å². The summed E-state index contributed by atoms with van der Waals surface area (Å²) in [4.78, 5) is 11.7. The van der Waals surface area contributed by atoms with Crippen LogP contribution in [0, 0.1) is 11.3 Å². The molecule has 0 bridgehead atoms. The Kier molecular flexibility index (Phi) is 7.16. The smallest absolute Gasteiger partial charge is 0.411 e. The van der Waals surface area contributed by atoms with Gasteiger partial charge in [-0.15, -0.1) is 0 Å². The molecule has 1 atom stereocenters. The number of hydrogen-bond acceptors (Lipinski definition) is 2. The molecule has 0 aliphatic rings. The summed E-state index contributed by atoms with van der Waals surface area (Å²) in [6.07, 6.45) is 3.79. The van der Waals surface area contributed by atoms with Crippen LogP contribution in [-0.4, -0.2) is 6.09 Å². The van der Waals surface area contributed by atoms with Gasteiger partial charge in [0.2, 0.25) is 0 Å². The first-order chi connectivity index (χ1) is 10.3. The molecule has 0 spiro atoms. The van der Waals surface area contributed by atoms with E-state index in [1.54, 1.807) is 0 Å². The fraction of sp³-hybridized carbons (Fsp3) is 0.526. The first kappa shape index (κ1) is 18.3. The number of alkyl carbamates (subject to hydrolysis) is 1. The molecule has 0 saturated heterocycles. The average molecular weight is 303 g/mol. The van der Waals surface area contributed by atoms with Crippen molar-refractivity contribution in [1.29, 1.82) is 0 Å². The van der Waals surface area contributed by atoms with E-state index in [4.69, 9.17) is 4.74 Å². The minimum atomic E-state index is -0.402. The molecular formula is C19H29NO2. The van der Waals surface area contributed by atoms with Crippen LogP contribution in [0.1, 0.15) is 53.0 Å². The number of amides is 1. The Hall–Kier alpha value is -1.77. The van der Waals surface area contributed by atoms with Crippen molar-refractivity contribution in [2.75, 3.05) is 0 Å². The molecule has 0 saturated carbocycles. The zero-order chi connectivity index (χ0) is 16.6. The van der Waals surface area contributed by atoms with Gasteiger partial charge < -0.3 is 4.74 Å². The molecule has 0 radical (unpaired) electrons. The molecule has 0 aliphatic heterocycles. The van der Waals surface area contributed by atoms with Gasteiger partial charge in [0.25, 0.3) is 0 Å². The summed E-state index contributed by atoms with van der Waals surface area (Å²) in [5, 5.41) is 2.77. The van der Waals surface area contributed by atoms with Crippen molar-refractivity contribution in [3.05, 3.63) is 47.7 Å². The van der Waals surface area contributed by atoms with Crippen molar-refractivity contribution in [3.63, 3.8) is 0 Å². The number of ether oxygens (including phenoxy) is 1. The number of nitrogens with one attached hydrogen (secondary N) is 1. The van der Waals surface area contributed by atoms with Crippen molar-refractivity contribution in [2.45, 2.75) is 54.1 Å². The molecule has 1 aromatic carbocycles. The maximum Gasteiger partial charge on any atom is 0.411 e. The highest BCUT2D eigenvalue weighted by molar-refractivity contribution is 5.69. The van der Waals surface area contributed by atoms with Gasteiger partial charge in [-0.25, -0.2) is 4.79 Å². The SMILES string of the molecule is C/C(=C\CC(C)CC(C)(C)C)NC(=O)OCc1ccccc1. The Labute approximate surface area is 134 Å². The van der Waals surface area contributed by atoms with Crippen LogP contribution in [0.4, 0.5) is 4.79 Å². The number of rotatable bonds is 6. The van der Waals surface area contributed by atoms with Gasteiger partial charge in [-0.2, -0.15) is 0 Å². The molecule has 1 N–H and O–H groups in total. The predicted octanol–water partition coefficient (Wildman–Crippen LogP) is 5.28. The van der Waals surface area contributed by atoms with Crippen LogP contribution in [0.2, 0.25) is 0 Å². The van der Waals surface area contributed by atoms with Gasteiger partial charge in [0.05, 0.1) is 0 Å². The minimum Gasteiger partial charge on any atom is -0.444 e. The van der Waals surface area contributed by atoms with E-state index in [9.17, 15) is 4.79 Å². The van der Waals surface area contributed by atoms with Gasteiger partial charge in [0.15, 0.2) is 0 Å². The fourth-order valence-electron chi connectivity index (χ4n) is 2.48. The van der Waals surface area contributed by atoms with Gasteiger partial charge in [0.1, 0.15) is 6.61 Å². The van der Waals surface area contributed by atoms with Gasteiger partial charge >= 0.3 is 6.09 Å². The van der Waals surface area contributed by atoms with E-state index in [1.165, 1.54) is 0 Å². The lowest BCUT2D eigenvalue weighted by Gasteiger charge is -2.22. The third-order valence-electron chi connectivity index (χ3n) is 3.30. The van der Waals surface area contributed by atoms with Crippen LogP contribution in [0.3, 0.4) is 0 Å². The predicted molar refractivity (Wildman–Crippen MR) is 91.4 cm³/mol. The lowest BCUT2D eigenvalue weighted by molar-refractivity contribution is 0.142. The highest BCUT2D eigenvalue weighted by atomic mass is 16.5. The Morgan fingerprint density at radius 3 is 2.50 bits per heavy atom. The van der Waals surface area contributed by atoms with E-state index >= 15 is 0 Å². The molecule has 1 aromatic rings. The summed E-state index contributed by atoms with van der Waals surface area (Å²) in [7, 11) is 0. The Morgan fingerprint density at radius 1 is 1.27 bits per heavy atom. The number of benzene rings is 1. The average Bonchev–Trinajstić information content (AvgIpc) is 2.42. The summed E-state index contributed by atoms with van der Waals surface area (Å²) in [6, 6.07) is 9.67. The lowest BCUT2D eigenvalue weighted by Crippen LogP contribution is -2.22. The van der Waals surface area contributed by atoms with E-state index in [1.807, 2.05) is 37.3 Å². The summed E-state index contributed by atoms with van der Waals surface area (Å²) in [5.74, 6) is 0.595. The molecule has 1 unspecified atom stereocenters. The van der Waals surface area contributed by atoms with Gasteiger partial charge in [-0.1, -0.05) is 64.1 Å². The molecule has 0 heterocycles. The summed E-state index contributed by atoms with van der Waals surface area (Å²) in [6.45, 7) is 11.2. The number of hydrogen-bond donors (Lipinski definition) is 1. The zero-order valence-electron chi connectivity index (χ0n) is 14.5. The van der Waals surface area contributed by atoms with Crippen LogP contribution in [0.5, 0.6) is 0 Å². The molecule has 22 heavy (non-hydrogen) atoms. The Morgan fingerprint density at radius 2 is 1.91 bits per heavy atom. The summed E-state index contributed by atoms with van der Waals surface area (Å²) in [5.41, 5.74) is 2.17. The monoisotopic (exact) mass is 303 g/mol. The van der Waals surface area contributed by atoms with Crippen LogP contribution in [0.15, 0.2) is 42.1 Å². The van der Waals surface area contributed by atoms with Crippen LogP contribution in [0.25, 0.3) is 0 Å². The molecule has 0 aliphatic carbocycles. The van der Waals surface area contributed by atoms with Crippen molar-refractivity contribution in [2.24, 2.45) is 11.3 Å². The number of carbonyl (C=O) groups excluding carboxylic acids is 1. The largest absolute Gasteiger partial charge is 0.444 e. The van der Waals surface area contributed by atoms with E-state index in [0.29, 0.717) is 17.9 Å². The highest BCUT2D eigenvalue weighted by Crippen LogP contribution is 2.26. The summed E-state index contributed by atoms with van der Waals surface area (Å²) < 4.78 is 5.20. The molecule has 122 valence electrons. The maximum atomic E-state index is 11.7. The van der Waals surface area contributed by atoms with Gasteiger partial charge in [-0.05, 0) is 36.7 Å². The lowest BCUT2D eigenvalue weighted by atomic mass is 9.84. The Balaban J connectivity index is 2.32. The van der Waals surface area contributed by atoms with Crippen LogP contribution in [-0.2, 0) is 11.3 Å². The van der Waals surface area contributed by atoms with Crippen molar-refractivity contribution < 1.29 is 9.53 Å². The van der Waals surface area contributed by atoms with Gasteiger partial charge in [0, 0.05) is 5.70 Å². The first-order valence-electron chi connectivity index (χ1n) is 7.91. The van der Waals surface area contributed by atoms with Crippen LogP contribution < -0.4 is 5.32 Å². The van der Waals surface area contributed by atoms with E-state index in [0.717, 1.165) is 24.1 Å². The molecule has 3 nitrogen and oxygen atoms in total. The second-order valence-corrected chi connectivity index (χ2v) is 7.18. The minimum absolute atomic E-state index is 0.292. The number of allylic oxidation sites excluding steroid dienone is 2. The normalized spacial score (nSPS) is 13.6. The second-order valence-electron chi connectivity index (χ2n) is 7.18. The molecule has 1 rings (SSSR count). The topological polar surface area (TPSA) is 38.3 Å². The van der Waals surface area contributed by atoms with Gasteiger partial charge in [-0.3, -0.25) is 5.32 Å². The molecule has 1 amide bonds. The standard InChI is InChI=1S/C19H29NO2/c1-15(13-19(3,4)5)11-12-16(2)20-18(21)22-14-17-9-7-6-8-10-17/h6-10,12,15H,11,13-14H2,1-5H3,(H,20,21)/b16-12+. The molecule has 3 heteroatoms. The number of carbonyl (C=O) groups is 1. The third kappa shape index (κ3) is 8.50. The third-order valence-corrected chi connectivity index (χ3v) is 3.30. The fourth-order valence-corrected chi connectivity index (χ4v) is 2.48. The zero-order valence-corrected chi connectivity index (χ0v) is 14.5. The maximum absolute atomic E-state index is 11.7. The Bertz CT molecular complexity index is 486.